The number of thioether (sulfide) groups is 1. The molecule has 0 unspecified atom stereocenters. The Bertz CT molecular complexity index is 1410. The Kier molecular flexibility index (Phi) is 5.30. The summed E-state index contributed by atoms with van der Waals surface area (Å²) in [6.07, 6.45) is 3.38. The lowest BCUT2D eigenvalue weighted by molar-refractivity contribution is -0.139. The van der Waals surface area contributed by atoms with Crippen molar-refractivity contribution in [3.05, 3.63) is 95.6 Å². The number of carbonyl (C=O) groups is 2. The summed E-state index contributed by atoms with van der Waals surface area (Å²) in [5.41, 5.74) is 1.50. The Morgan fingerprint density at radius 1 is 1.06 bits per heavy atom. The molecule has 1 aromatic heterocycles. The van der Waals surface area contributed by atoms with E-state index in [9.17, 15) is 14.0 Å². The van der Waals surface area contributed by atoms with Crippen LogP contribution in [-0.4, -0.2) is 56.3 Å². The molecule has 6 nitrogen and oxygen atoms in total. The van der Waals surface area contributed by atoms with Gasteiger partial charge in [-0.1, -0.05) is 54.3 Å². The molecule has 4 heterocycles. The predicted octanol–water partition coefficient (Wildman–Crippen LogP) is 3.92. The Morgan fingerprint density at radius 2 is 1.78 bits per heavy atom. The molecule has 6 rings (SSSR count). The summed E-state index contributed by atoms with van der Waals surface area (Å²) in [4.78, 5) is 38.2. The highest BCUT2D eigenvalue weighted by Gasteiger charge is 2.78. The lowest BCUT2D eigenvalue weighted by Gasteiger charge is -2.42. The molecule has 3 aromatic rings. The van der Waals surface area contributed by atoms with Crippen LogP contribution >= 0.6 is 24.0 Å². The molecule has 2 aromatic carbocycles. The van der Waals surface area contributed by atoms with Gasteiger partial charge in [0.05, 0.1) is 6.54 Å². The van der Waals surface area contributed by atoms with Crippen LogP contribution in [0.15, 0.2) is 73.1 Å². The lowest BCUT2D eigenvalue weighted by atomic mass is 9.72. The Hall–Kier alpha value is -3.14. The molecule has 0 bridgehead atoms. The fourth-order valence-corrected chi connectivity index (χ4v) is 8.29. The maximum Gasteiger partial charge on any atom is 0.254 e. The summed E-state index contributed by atoms with van der Waals surface area (Å²) in [5, 5.41) is 0. The molecule has 3 aliphatic heterocycles. The van der Waals surface area contributed by atoms with Gasteiger partial charge in [-0.25, -0.2) is 4.39 Å². The number of amides is 2. The second kappa shape index (κ2) is 8.19. The third kappa shape index (κ3) is 2.87. The normalized spacial score (nSPS) is 27.6. The number of thiocarbonyl (C=S) groups is 1. The fourth-order valence-electron chi connectivity index (χ4n) is 6.17. The van der Waals surface area contributed by atoms with Gasteiger partial charge in [-0.15, -0.1) is 0 Å². The molecular weight excluding hydrogens is 495 g/mol. The largest absolute Gasteiger partial charge is 0.313 e. The molecule has 3 atom stereocenters. The lowest BCUT2D eigenvalue weighted by Crippen LogP contribution is -2.62. The molecule has 0 aliphatic carbocycles. The van der Waals surface area contributed by atoms with Crippen LogP contribution in [0.2, 0.25) is 0 Å². The number of halogens is 1. The summed E-state index contributed by atoms with van der Waals surface area (Å²) in [5.74, 6) is -1.32. The first-order valence-electron chi connectivity index (χ1n) is 11.6. The summed E-state index contributed by atoms with van der Waals surface area (Å²) in [6.45, 7) is 0.718. The van der Waals surface area contributed by atoms with Gasteiger partial charge in [0.2, 0.25) is 5.91 Å². The summed E-state index contributed by atoms with van der Waals surface area (Å²) >= 11 is 7.08. The molecule has 36 heavy (non-hydrogen) atoms. The maximum atomic E-state index is 14.7. The van der Waals surface area contributed by atoms with Gasteiger partial charge in [0, 0.05) is 43.2 Å². The number of likely N-dealkylation sites (N-methyl/N-ethyl adjacent to an activating group) is 2. The molecule has 2 spiro atoms. The van der Waals surface area contributed by atoms with Crippen molar-refractivity contribution < 1.29 is 14.0 Å². The van der Waals surface area contributed by atoms with Crippen molar-refractivity contribution >= 4 is 45.8 Å². The van der Waals surface area contributed by atoms with Gasteiger partial charge in [0.15, 0.2) is 5.54 Å². The number of hydrogen-bond acceptors (Lipinski definition) is 6. The minimum Gasteiger partial charge on any atom is -0.313 e. The number of likely N-dealkylation sites (tertiary alicyclic amines) is 1. The second-order valence-corrected chi connectivity index (χ2v) is 11.3. The van der Waals surface area contributed by atoms with Crippen molar-refractivity contribution in [2.75, 3.05) is 25.5 Å². The van der Waals surface area contributed by atoms with E-state index in [4.69, 9.17) is 12.2 Å². The van der Waals surface area contributed by atoms with Gasteiger partial charge < -0.3 is 4.90 Å². The predicted molar refractivity (Wildman–Crippen MR) is 141 cm³/mol. The summed E-state index contributed by atoms with van der Waals surface area (Å²) in [6, 6.07) is 17.8. The third-order valence-corrected chi connectivity index (χ3v) is 9.65. The molecular formula is C27H23FN4O2S2. The number of anilines is 1. The highest BCUT2D eigenvalue weighted by atomic mass is 32.2. The van der Waals surface area contributed by atoms with Crippen LogP contribution in [0, 0.1) is 5.82 Å². The quantitative estimate of drug-likeness (QED) is 0.490. The van der Waals surface area contributed by atoms with Crippen molar-refractivity contribution in [2.45, 2.75) is 22.7 Å². The standard InChI is InChI=1S/C27H23FN4O2S2/c1-30-16-21(18-10-12-29-13-11-18)27(24(34)32(25(35)36-27)15-17-6-4-3-5-7-17)26(30)20-14-19(28)8-9-22(20)31(2)23(26)33/h3-14,21H,15-16H2,1-2H3/t21-,26+,27-/m0/s1. The fraction of sp³-hybridized carbons (Fsp3) is 0.259. The SMILES string of the molecule is CN1C(=O)[C@@]2(c3cc(F)ccc31)N(C)C[C@@H](c1ccncc1)[C@@]21SC(=S)N(Cc2ccccc2)C1=O. The maximum absolute atomic E-state index is 14.7. The number of aromatic nitrogens is 1. The molecule has 0 saturated carbocycles. The smallest absolute Gasteiger partial charge is 0.254 e. The van der Waals surface area contributed by atoms with Crippen molar-refractivity contribution in [3.8, 4) is 0 Å². The molecule has 2 amide bonds. The first-order chi connectivity index (χ1) is 17.3. The van der Waals surface area contributed by atoms with Crippen LogP contribution in [0.4, 0.5) is 10.1 Å². The zero-order valence-corrected chi connectivity index (χ0v) is 21.4. The van der Waals surface area contributed by atoms with Crippen LogP contribution in [0.5, 0.6) is 0 Å². The van der Waals surface area contributed by atoms with Crippen molar-refractivity contribution in [1.29, 1.82) is 0 Å². The van der Waals surface area contributed by atoms with E-state index in [0.29, 0.717) is 28.7 Å². The average molecular weight is 519 g/mol. The molecule has 182 valence electrons. The van der Waals surface area contributed by atoms with E-state index < -0.39 is 16.1 Å². The van der Waals surface area contributed by atoms with Crippen LogP contribution in [0.1, 0.15) is 22.6 Å². The van der Waals surface area contributed by atoms with Gasteiger partial charge in [-0.05, 0) is 48.5 Å². The van der Waals surface area contributed by atoms with E-state index in [1.54, 1.807) is 35.3 Å². The van der Waals surface area contributed by atoms with E-state index in [0.717, 1.165) is 11.1 Å². The van der Waals surface area contributed by atoms with Crippen molar-refractivity contribution in [1.82, 2.24) is 14.8 Å². The van der Waals surface area contributed by atoms with Gasteiger partial charge in [-0.3, -0.25) is 24.4 Å². The zero-order valence-electron chi connectivity index (χ0n) is 19.7. The monoisotopic (exact) mass is 518 g/mol. The van der Waals surface area contributed by atoms with Gasteiger partial charge in [0.25, 0.3) is 5.91 Å². The number of rotatable bonds is 3. The zero-order chi connectivity index (χ0) is 25.2. The van der Waals surface area contributed by atoms with E-state index in [-0.39, 0.29) is 17.7 Å². The van der Waals surface area contributed by atoms with Gasteiger partial charge in [-0.2, -0.15) is 0 Å². The number of fused-ring (bicyclic) bond motifs is 3. The molecule has 0 N–H and O–H groups in total. The number of carbonyl (C=O) groups excluding carboxylic acids is 2. The van der Waals surface area contributed by atoms with Crippen LogP contribution in [0.3, 0.4) is 0 Å². The highest BCUT2D eigenvalue weighted by Crippen LogP contribution is 2.66. The summed E-state index contributed by atoms with van der Waals surface area (Å²) < 4.78 is 13.8. The molecule has 2 fully saturated rings. The number of hydrogen-bond donors (Lipinski definition) is 0. The number of benzene rings is 2. The second-order valence-electron chi connectivity index (χ2n) is 9.43. The van der Waals surface area contributed by atoms with Crippen LogP contribution in [-0.2, 0) is 21.7 Å². The Balaban J connectivity index is 1.60. The van der Waals surface area contributed by atoms with Crippen molar-refractivity contribution in [3.63, 3.8) is 0 Å². The Morgan fingerprint density at radius 3 is 2.50 bits per heavy atom. The molecule has 3 aliphatic rings. The topological polar surface area (TPSA) is 56.8 Å². The van der Waals surface area contributed by atoms with Crippen molar-refractivity contribution in [2.24, 2.45) is 0 Å². The minimum absolute atomic E-state index is 0.230. The van der Waals surface area contributed by atoms with Crippen LogP contribution in [0.25, 0.3) is 0 Å². The summed E-state index contributed by atoms with van der Waals surface area (Å²) in [7, 11) is 3.52. The van der Waals surface area contributed by atoms with E-state index in [1.165, 1.54) is 23.9 Å². The van der Waals surface area contributed by atoms with E-state index in [2.05, 4.69) is 4.98 Å². The van der Waals surface area contributed by atoms with Gasteiger partial charge in [0.1, 0.15) is 14.9 Å². The molecule has 2 saturated heterocycles. The molecule has 0 radical (unpaired) electrons. The first-order valence-corrected chi connectivity index (χ1v) is 12.8. The average Bonchev–Trinajstić information content (AvgIpc) is 3.38. The molecule has 9 heteroatoms. The highest BCUT2D eigenvalue weighted by molar-refractivity contribution is 8.25. The third-order valence-electron chi connectivity index (χ3n) is 7.70. The van der Waals surface area contributed by atoms with E-state index in [1.807, 2.05) is 54.4 Å². The number of pyridine rings is 1. The first kappa shape index (κ1) is 23.3. The minimum atomic E-state index is -1.43. The van der Waals surface area contributed by atoms with E-state index >= 15 is 0 Å². The van der Waals surface area contributed by atoms with Gasteiger partial charge >= 0.3 is 0 Å². The number of nitrogens with zero attached hydrogens (tertiary/aromatic N) is 4. The Labute approximate surface area is 218 Å². The van der Waals surface area contributed by atoms with Crippen LogP contribution < -0.4 is 4.90 Å².